The lowest BCUT2D eigenvalue weighted by Crippen LogP contribution is -2.10. The molecule has 0 aliphatic rings. The Morgan fingerprint density at radius 3 is 1.10 bits per heavy atom. The molecule has 0 N–H and O–H groups in total. The second kappa shape index (κ2) is 18.8. The van der Waals surface area contributed by atoms with E-state index in [0.717, 1.165) is 72.1 Å². The highest BCUT2D eigenvalue weighted by Gasteiger charge is 2.36. The quantitative estimate of drug-likeness (QED) is 0.149. The van der Waals surface area contributed by atoms with Crippen LogP contribution in [-0.4, -0.2) is 9.13 Å². The van der Waals surface area contributed by atoms with Crippen molar-refractivity contribution in [2.24, 2.45) is 0 Å². The van der Waals surface area contributed by atoms with Crippen LogP contribution >= 0.6 is 0 Å². The summed E-state index contributed by atoms with van der Waals surface area (Å²) in [5, 5.41) is 33.6. The van der Waals surface area contributed by atoms with Gasteiger partial charge >= 0.3 is 6.18 Å². The van der Waals surface area contributed by atoms with E-state index in [1.807, 2.05) is 130 Å². The first-order valence-corrected chi connectivity index (χ1v) is 24.3. The normalized spacial score (nSPS) is 11.2. The van der Waals surface area contributed by atoms with Crippen molar-refractivity contribution >= 4 is 60.7 Å². The summed E-state index contributed by atoms with van der Waals surface area (Å²) in [4.78, 5) is 10.8. The van der Waals surface area contributed by atoms with Gasteiger partial charge in [-0.25, -0.2) is 14.5 Å². The van der Waals surface area contributed by atoms with Gasteiger partial charge < -0.3 is 9.13 Å². The number of hydrogen-bond donors (Lipinski definition) is 0. The van der Waals surface area contributed by atoms with E-state index in [-0.39, 0.29) is 33.8 Å². The predicted molar refractivity (Wildman–Crippen MR) is 300 cm³/mol. The molecule has 0 aliphatic heterocycles. The van der Waals surface area contributed by atoms with Crippen LogP contribution in [0.3, 0.4) is 0 Å². The van der Waals surface area contributed by atoms with Gasteiger partial charge in [-0.05, 0) is 135 Å². The summed E-state index contributed by atoms with van der Waals surface area (Å²) in [5.74, 6) is 0. The summed E-state index contributed by atoms with van der Waals surface area (Å²) in [5.41, 5.74) is 10.3. The van der Waals surface area contributed by atoms with E-state index < -0.39 is 11.7 Å². The van der Waals surface area contributed by atoms with Gasteiger partial charge in [0.05, 0.1) is 87.6 Å². The Hall–Kier alpha value is -11.5. The second-order valence-electron chi connectivity index (χ2n) is 18.6. The van der Waals surface area contributed by atoms with Crippen LogP contribution in [0.5, 0.6) is 0 Å². The largest absolute Gasteiger partial charge is 0.415 e. The number of hydrogen-bond acceptors (Lipinski definition) is 3. The molecule has 0 bridgehead atoms. The molecule has 0 radical (unpaired) electrons. The minimum atomic E-state index is -4.91. The highest BCUT2D eigenvalue weighted by Crippen LogP contribution is 2.49. The molecule has 0 fully saturated rings. The first kappa shape index (κ1) is 47.5. The average molecular weight is 1010 g/mol. The zero-order valence-corrected chi connectivity index (χ0v) is 40.8. The minimum Gasteiger partial charge on any atom is -0.309 e. The Balaban J connectivity index is 1.18. The highest BCUT2D eigenvalue weighted by atomic mass is 19.4. The van der Waals surface area contributed by atoms with Gasteiger partial charge in [-0.15, -0.1) is 0 Å². The lowest BCUT2D eigenvalue weighted by molar-refractivity contribution is -0.137. The summed E-state index contributed by atoms with van der Waals surface area (Å²) >= 11 is 0. The van der Waals surface area contributed by atoms with Crippen LogP contribution in [0.1, 0.15) is 22.3 Å². The number of benzene rings is 10. The molecule has 0 saturated carbocycles. The number of alkyl halides is 3. The molecule has 10 aromatic carbocycles. The Labute approximate surface area is 444 Å². The Bertz CT molecular complexity index is 4520. The molecule has 362 valence electrons. The maximum absolute atomic E-state index is 15.7. The molecule has 0 atom stereocenters. The lowest BCUT2D eigenvalue weighted by Gasteiger charge is -2.22. The van der Waals surface area contributed by atoms with Crippen LogP contribution in [0, 0.1) is 53.7 Å². The summed E-state index contributed by atoms with van der Waals surface area (Å²) in [6.07, 6.45) is -4.91. The van der Waals surface area contributed by atoms with Crippen LogP contribution < -0.4 is 0 Å². The van der Waals surface area contributed by atoms with Gasteiger partial charge in [0.15, 0.2) is 17.1 Å². The number of rotatable bonds is 7. The van der Waals surface area contributed by atoms with Crippen LogP contribution in [0.4, 0.5) is 30.2 Å². The van der Waals surface area contributed by atoms with E-state index >= 15 is 13.2 Å². The van der Waals surface area contributed by atoms with Crippen molar-refractivity contribution in [1.82, 2.24) is 9.13 Å². The average Bonchev–Trinajstić information content (AvgIpc) is 4.18. The fraction of sp³-hybridized carbons (Fsp3) is 0.0149. The molecule has 2 heterocycles. The number of aromatic nitrogens is 2. The summed E-state index contributed by atoms with van der Waals surface area (Å²) in [6, 6.07) is 65.8. The lowest BCUT2D eigenvalue weighted by atomic mass is 9.93. The second-order valence-corrected chi connectivity index (χ2v) is 18.6. The molecular formula is C67H33F3N8. The fourth-order valence-corrected chi connectivity index (χ4v) is 10.6. The van der Waals surface area contributed by atoms with E-state index in [1.165, 1.54) is 12.1 Å². The summed E-state index contributed by atoms with van der Waals surface area (Å²) < 4.78 is 50.8. The van der Waals surface area contributed by atoms with E-state index in [4.69, 9.17) is 19.7 Å². The minimum absolute atomic E-state index is 0.0529. The number of nitrogens with zero attached hydrogens (tertiary/aromatic N) is 8. The first-order valence-electron chi connectivity index (χ1n) is 24.3. The Morgan fingerprint density at radius 2 is 0.756 bits per heavy atom. The number of fused-ring (bicyclic) bond motifs is 6. The molecule has 2 aromatic heterocycles. The van der Waals surface area contributed by atoms with Crippen LogP contribution in [0.15, 0.2) is 200 Å². The van der Waals surface area contributed by atoms with Gasteiger partial charge in [-0.1, -0.05) is 115 Å². The van der Waals surface area contributed by atoms with Crippen LogP contribution in [-0.2, 0) is 6.18 Å². The molecule has 12 rings (SSSR count). The van der Waals surface area contributed by atoms with Crippen LogP contribution in [0.2, 0.25) is 0 Å². The van der Waals surface area contributed by atoms with Crippen molar-refractivity contribution in [3.63, 3.8) is 0 Å². The molecule has 0 saturated heterocycles. The van der Waals surface area contributed by atoms with Crippen molar-refractivity contribution < 1.29 is 13.2 Å². The number of nitriles is 3. The predicted octanol–water partition coefficient (Wildman–Crippen LogP) is 18.5. The van der Waals surface area contributed by atoms with Crippen molar-refractivity contribution in [2.75, 3.05) is 0 Å². The Morgan fingerprint density at radius 1 is 0.385 bits per heavy atom. The SMILES string of the molecule is [C-]#[N+]c1ccc(-c2ccc3c(c2)c2cc(-c4ccc([N+]#[C-])cc4)ccc2n3-c2cc(-c3c([N+]#[C-])cccc3C(F)(F)F)c(-n3c4ccc(-c5ccc(C#N)cc5)cc4c4cc(-c5ccc(C#N)cc5)ccc43)cc2C#N)cc1. The zero-order chi connectivity index (χ0) is 53.8. The molecular weight excluding hydrogens is 974 g/mol. The third-order valence-electron chi connectivity index (χ3n) is 14.3. The molecule has 78 heavy (non-hydrogen) atoms. The maximum atomic E-state index is 15.7. The third-order valence-corrected chi connectivity index (χ3v) is 14.3. The maximum Gasteiger partial charge on any atom is 0.415 e. The molecule has 0 unspecified atom stereocenters. The number of halogens is 3. The van der Waals surface area contributed by atoms with Crippen LogP contribution in [0.25, 0.3) is 125 Å². The monoisotopic (exact) mass is 1010 g/mol. The standard InChI is InChI=1S/C67H33F3N8/c1-74-51-23-15-44(16-24-51)48-19-27-60-53(33-48)54-34-49(45-17-25-52(75-2)26-18-45)20-28-61(54)77(60)64-36-57(66-58(67(68,69)70)5-4-6-59(66)76-3)65(35-50(64)39-73)78-62-29-21-46(42-11-7-40(37-71)8-12-42)31-55(62)56-32-47(22-30-63(56)78)43-13-9-41(38-72)10-14-43/h4-36H. The molecule has 0 spiro atoms. The van der Waals surface area contributed by atoms with Gasteiger partial charge in [0, 0.05) is 27.1 Å². The van der Waals surface area contributed by atoms with Crippen molar-refractivity contribution in [3.05, 3.63) is 257 Å². The smallest absolute Gasteiger partial charge is 0.309 e. The highest BCUT2D eigenvalue weighted by molar-refractivity contribution is 6.14. The van der Waals surface area contributed by atoms with Crippen molar-refractivity contribution in [3.8, 4) is 85.2 Å². The molecule has 0 amide bonds. The first-order chi connectivity index (χ1) is 38.0. The third kappa shape index (κ3) is 7.99. The Kier molecular flexibility index (Phi) is 11.4. The summed E-state index contributed by atoms with van der Waals surface area (Å²) in [7, 11) is 0. The van der Waals surface area contributed by atoms with Gasteiger partial charge in [0.2, 0.25) is 0 Å². The van der Waals surface area contributed by atoms with Gasteiger partial charge in [-0.2, -0.15) is 29.0 Å². The van der Waals surface area contributed by atoms with Gasteiger partial charge in [0.25, 0.3) is 0 Å². The van der Waals surface area contributed by atoms with Crippen molar-refractivity contribution in [1.29, 1.82) is 15.8 Å². The van der Waals surface area contributed by atoms with Gasteiger partial charge in [-0.3, -0.25) is 0 Å². The molecule has 11 heteroatoms. The van der Waals surface area contributed by atoms with Gasteiger partial charge in [0.1, 0.15) is 6.07 Å². The van der Waals surface area contributed by atoms with Crippen molar-refractivity contribution in [2.45, 2.75) is 6.18 Å². The molecule has 12 aromatic rings. The zero-order valence-electron chi connectivity index (χ0n) is 40.8. The molecule has 8 nitrogen and oxygen atoms in total. The van der Waals surface area contributed by atoms with E-state index in [2.05, 4.69) is 32.7 Å². The van der Waals surface area contributed by atoms with E-state index in [0.29, 0.717) is 44.6 Å². The topological polar surface area (TPSA) is 94.3 Å². The summed E-state index contributed by atoms with van der Waals surface area (Å²) in [6.45, 7) is 23.4. The molecule has 0 aliphatic carbocycles. The van der Waals surface area contributed by atoms with E-state index in [1.54, 1.807) is 60.7 Å². The fourth-order valence-electron chi connectivity index (χ4n) is 10.6. The van der Waals surface area contributed by atoms with E-state index in [9.17, 15) is 15.8 Å².